The first kappa shape index (κ1) is 24.7. The minimum absolute atomic E-state index is 0.0264. The summed E-state index contributed by atoms with van der Waals surface area (Å²) in [6.07, 6.45) is -0.0804. The van der Waals surface area contributed by atoms with Crippen molar-refractivity contribution in [2.75, 3.05) is 24.5 Å². The number of hydrogen-bond acceptors (Lipinski definition) is 5. The number of nitrogens with one attached hydrogen (secondary N) is 2. The van der Waals surface area contributed by atoms with Crippen LogP contribution in [0.2, 0.25) is 0 Å². The van der Waals surface area contributed by atoms with E-state index in [2.05, 4.69) is 10.6 Å². The van der Waals surface area contributed by atoms with Crippen molar-refractivity contribution < 1.29 is 19.1 Å². The molecule has 1 saturated heterocycles. The van der Waals surface area contributed by atoms with Crippen LogP contribution < -0.4 is 15.5 Å². The molecule has 186 valence electrons. The van der Waals surface area contributed by atoms with Crippen LogP contribution in [0.1, 0.15) is 51.3 Å². The third-order valence-electron chi connectivity index (χ3n) is 6.50. The molecule has 0 aliphatic carbocycles. The van der Waals surface area contributed by atoms with Gasteiger partial charge in [0.15, 0.2) is 0 Å². The van der Waals surface area contributed by atoms with Crippen LogP contribution in [-0.4, -0.2) is 54.6 Å². The number of amides is 3. The van der Waals surface area contributed by atoms with Crippen molar-refractivity contribution in [3.05, 3.63) is 53.6 Å². The molecule has 1 unspecified atom stereocenters. The third-order valence-corrected chi connectivity index (χ3v) is 6.50. The maximum absolute atomic E-state index is 12.4. The lowest BCUT2D eigenvalue weighted by atomic mass is 9.89. The second-order valence-electron chi connectivity index (χ2n) is 9.59. The molecule has 8 heteroatoms. The predicted octanol–water partition coefficient (Wildman–Crippen LogP) is 3.61. The van der Waals surface area contributed by atoms with E-state index >= 15 is 0 Å². The Morgan fingerprint density at radius 2 is 1.86 bits per heavy atom. The molecule has 0 aromatic heterocycles. The van der Waals surface area contributed by atoms with Gasteiger partial charge < -0.3 is 25.2 Å². The number of rotatable bonds is 5. The van der Waals surface area contributed by atoms with Crippen molar-refractivity contribution in [2.45, 2.75) is 58.8 Å². The van der Waals surface area contributed by atoms with Crippen LogP contribution in [0.15, 0.2) is 42.5 Å². The van der Waals surface area contributed by atoms with Gasteiger partial charge >= 0.3 is 6.09 Å². The molecule has 2 aromatic carbocycles. The summed E-state index contributed by atoms with van der Waals surface area (Å²) in [4.78, 5) is 40.5. The standard InChI is InChI=1S/C27H34N4O4/c1-17(2)35-27(34)29-24-13-18(3)31(19(4)32)25-10-9-22(14-23(24)25)21-7-5-20(6-8-21)16-30-12-11-28-15-26(30)33/h5-10,14,17-18,24,28H,11-13,15-16H2,1-4H3,(H,29,34)/t18-,24?/m0/s1. The number of benzene rings is 2. The highest BCUT2D eigenvalue weighted by Crippen LogP contribution is 2.39. The molecule has 2 aliphatic heterocycles. The van der Waals surface area contributed by atoms with Crippen LogP contribution in [0.5, 0.6) is 0 Å². The Kier molecular flexibility index (Phi) is 7.40. The number of fused-ring (bicyclic) bond motifs is 1. The first-order valence-electron chi connectivity index (χ1n) is 12.2. The van der Waals surface area contributed by atoms with Gasteiger partial charge in [-0.15, -0.1) is 0 Å². The summed E-state index contributed by atoms with van der Waals surface area (Å²) >= 11 is 0. The van der Waals surface area contributed by atoms with Crippen LogP contribution in [-0.2, 0) is 20.9 Å². The zero-order valence-corrected chi connectivity index (χ0v) is 20.8. The number of nitrogens with zero attached hydrogens (tertiary/aromatic N) is 2. The highest BCUT2D eigenvalue weighted by molar-refractivity contribution is 5.94. The molecule has 3 amide bonds. The average molecular weight is 479 g/mol. The minimum Gasteiger partial charge on any atom is -0.447 e. The zero-order valence-electron chi connectivity index (χ0n) is 20.8. The summed E-state index contributed by atoms with van der Waals surface area (Å²) in [5.74, 6) is 0.0929. The van der Waals surface area contributed by atoms with Gasteiger partial charge in [0.05, 0.1) is 18.7 Å². The highest BCUT2D eigenvalue weighted by Gasteiger charge is 2.33. The van der Waals surface area contributed by atoms with Crippen LogP contribution in [0.25, 0.3) is 11.1 Å². The van der Waals surface area contributed by atoms with E-state index in [9.17, 15) is 14.4 Å². The molecule has 2 N–H and O–H groups in total. The van der Waals surface area contributed by atoms with Crippen molar-refractivity contribution in [2.24, 2.45) is 0 Å². The summed E-state index contributed by atoms with van der Waals surface area (Å²) in [5.41, 5.74) is 4.81. The van der Waals surface area contributed by atoms with E-state index in [-0.39, 0.29) is 30.0 Å². The van der Waals surface area contributed by atoms with Crippen molar-refractivity contribution in [3.63, 3.8) is 0 Å². The molecule has 0 saturated carbocycles. The molecular formula is C27H34N4O4. The molecule has 2 aliphatic rings. The van der Waals surface area contributed by atoms with Gasteiger partial charge in [0.1, 0.15) is 0 Å². The number of hydrogen-bond donors (Lipinski definition) is 2. The molecule has 1 fully saturated rings. The van der Waals surface area contributed by atoms with Crippen molar-refractivity contribution in [3.8, 4) is 11.1 Å². The van der Waals surface area contributed by atoms with E-state index in [1.165, 1.54) is 0 Å². The topological polar surface area (TPSA) is 91.0 Å². The molecule has 8 nitrogen and oxygen atoms in total. The number of anilines is 1. The Balaban J connectivity index is 1.60. The Bertz CT molecular complexity index is 1100. The summed E-state index contributed by atoms with van der Waals surface area (Å²) < 4.78 is 5.31. The molecule has 2 aromatic rings. The SMILES string of the molecule is CC(=O)N1c2ccc(-c3ccc(CN4CCNCC4=O)cc3)cc2C(NC(=O)OC(C)C)C[C@@H]1C. The van der Waals surface area contributed by atoms with E-state index < -0.39 is 6.09 Å². The van der Waals surface area contributed by atoms with Crippen LogP contribution >= 0.6 is 0 Å². The molecule has 0 bridgehead atoms. The fraction of sp³-hybridized carbons (Fsp3) is 0.444. The van der Waals surface area contributed by atoms with Gasteiger partial charge in [-0.3, -0.25) is 9.59 Å². The second kappa shape index (κ2) is 10.5. The largest absolute Gasteiger partial charge is 0.447 e. The quantitative estimate of drug-likeness (QED) is 0.685. The Morgan fingerprint density at radius 1 is 1.14 bits per heavy atom. The Morgan fingerprint density at radius 3 is 2.51 bits per heavy atom. The van der Waals surface area contributed by atoms with Gasteiger partial charge in [-0.25, -0.2) is 4.79 Å². The fourth-order valence-electron chi connectivity index (χ4n) is 4.89. The Labute approximate surface area is 206 Å². The van der Waals surface area contributed by atoms with E-state index in [1.807, 2.05) is 68.1 Å². The molecule has 0 spiro atoms. The Hall–Kier alpha value is -3.39. The second-order valence-corrected chi connectivity index (χ2v) is 9.59. The monoisotopic (exact) mass is 478 g/mol. The lowest BCUT2D eigenvalue weighted by Crippen LogP contribution is -2.47. The molecule has 2 heterocycles. The van der Waals surface area contributed by atoms with Crippen molar-refractivity contribution in [1.29, 1.82) is 0 Å². The van der Waals surface area contributed by atoms with Gasteiger partial charge in [-0.1, -0.05) is 30.3 Å². The maximum atomic E-state index is 12.4. The summed E-state index contributed by atoms with van der Waals surface area (Å²) in [5, 5.41) is 6.09. The smallest absolute Gasteiger partial charge is 0.407 e. The summed E-state index contributed by atoms with van der Waals surface area (Å²) in [6.45, 7) is 9.70. The fourth-order valence-corrected chi connectivity index (χ4v) is 4.89. The lowest BCUT2D eigenvalue weighted by molar-refractivity contribution is -0.132. The number of alkyl carbamates (subject to hydrolysis) is 1. The lowest BCUT2D eigenvalue weighted by Gasteiger charge is -2.39. The highest BCUT2D eigenvalue weighted by atomic mass is 16.6. The van der Waals surface area contributed by atoms with Gasteiger partial charge in [-0.2, -0.15) is 0 Å². The van der Waals surface area contributed by atoms with Gasteiger partial charge in [-0.05, 0) is 61.6 Å². The number of ether oxygens (including phenoxy) is 1. The number of piperazine rings is 1. The van der Waals surface area contributed by atoms with Crippen LogP contribution in [0.4, 0.5) is 10.5 Å². The van der Waals surface area contributed by atoms with Gasteiger partial charge in [0.2, 0.25) is 11.8 Å². The third kappa shape index (κ3) is 5.65. The van der Waals surface area contributed by atoms with Gasteiger partial charge in [0, 0.05) is 38.3 Å². The van der Waals surface area contributed by atoms with E-state index in [1.54, 1.807) is 11.8 Å². The maximum Gasteiger partial charge on any atom is 0.407 e. The number of carbonyl (C=O) groups excluding carboxylic acids is 3. The number of carbonyl (C=O) groups is 3. The van der Waals surface area contributed by atoms with Crippen LogP contribution in [0.3, 0.4) is 0 Å². The first-order chi connectivity index (χ1) is 16.7. The molecule has 35 heavy (non-hydrogen) atoms. The van der Waals surface area contributed by atoms with Gasteiger partial charge in [0.25, 0.3) is 0 Å². The minimum atomic E-state index is -0.461. The van der Waals surface area contributed by atoms with Crippen molar-refractivity contribution in [1.82, 2.24) is 15.5 Å². The zero-order chi connectivity index (χ0) is 25.1. The van der Waals surface area contributed by atoms with Crippen LogP contribution in [0, 0.1) is 0 Å². The summed E-state index contributed by atoms with van der Waals surface area (Å²) in [6, 6.07) is 13.9. The van der Waals surface area contributed by atoms with E-state index in [0.29, 0.717) is 26.1 Å². The normalized spacial score (nSPS) is 20.0. The average Bonchev–Trinajstić information content (AvgIpc) is 2.80. The van der Waals surface area contributed by atoms with E-state index in [0.717, 1.165) is 34.5 Å². The molecule has 4 rings (SSSR count). The first-order valence-corrected chi connectivity index (χ1v) is 12.2. The molecular weight excluding hydrogens is 444 g/mol. The molecule has 0 radical (unpaired) electrons. The molecule has 2 atom stereocenters. The predicted molar refractivity (Wildman–Crippen MR) is 135 cm³/mol. The van der Waals surface area contributed by atoms with E-state index in [4.69, 9.17) is 4.74 Å². The summed E-state index contributed by atoms with van der Waals surface area (Å²) in [7, 11) is 0. The van der Waals surface area contributed by atoms with Crippen molar-refractivity contribution >= 4 is 23.6 Å².